The van der Waals surface area contributed by atoms with E-state index in [0.29, 0.717) is 5.92 Å². The van der Waals surface area contributed by atoms with Gasteiger partial charge in [-0.1, -0.05) is 13.8 Å². The maximum atomic E-state index is 4.26. The highest BCUT2D eigenvalue weighted by Gasteiger charge is 2.02. The van der Waals surface area contributed by atoms with Gasteiger partial charge in [0.2, 0.25) is 0 Å². The summed E-state index contributed by atoms with van der Waals surface area (Å²) in [5, 5.41) is 7.64. The fourth-order valence-corrected chi connectivity index (χ4v) is 1.05. The largest absolute Gasteiger partial charge is 0.286 e. The molecule has 0 spiro atoms. The van der Waals surface area contributed by atoms with Crippen LogP contribution in [0.25, 0.3) is 5.65 Å². The van der Waals surface area contributed by atoms with Crippen molar-refractivity contribution in [2.45, 2.75) is 19.8 Å². The van der Waals surface area contributed by atoms with Gasteiger partial charge in [0.25, 0.3) is 0 Å². The summed E-state index contributed by atoms with van der Waals surface area (Å²) in [6.45, 7) is 4.22. The molecule has 2 rings (SSSR count). The molecule has 0 saturated carbocycles. The maximum Gasteiger partial charge on any atom is 0.179 e. The van der Waals surface area contributed by atoms with Crippen LogP contribution in [0.1, 0.15) is 25.5 Å². The van der Waals surface area contributed by atoms with Crippen LogP contribution < -0.4 is 0 Å². The molecule has 2 heterocycles. The minimum absolute atomic E-state index is 0.441. The summed E-state index contributed by atoms with van der Waals surface area (Å²) in [4.78, 5) is 4.26. The summed E-state index contributed by atoms with van der Waals surface area (Å²) in [6, 6.07) is 0. The van der Waals surface area contributed by atoms with E-state index < -0.39 is 0 Å². The third kappa shape index (κ3) is 1.05. The average Bonchev–Trinajstić information content (AvgIpc) is 2.49. The van der Waals surface area contributed by atoms with Crippen LogP contribution in [0.15, 0.2) is 18.7 Å². The third-order valence-electron chi connectivity index (χ3n) is 1.79. The lowest BCUT2D eigenvalue weighted by atomic mass is 10.1. The van der Waals surface area contributed by atoms with E-state index in [1.165, 1.54) is 0 Å². The molecule has 0 radical (unpaired) electrons. The van der Waals surface area contributed by atoms with E-state index in [1.807, 2.05) is 10.6 Å². The third-order valence-corrected chi connectivity index (χ3v) is 1.79. The average molecular weight is 162 g/mol. The fraction of sp³-hybridized carbons (Fsp3) is 0.375. The van der Waals surface area contributed by atoms with Crippen molar-refractivity contribution in [1.82, 2.24) is 19.6 Å². The Balaban J connectivity index is 2.60. The van der Waals surface area contributed by atoms with Gasteiger partial charge in [0.05, 0.1) is 11.9 Å². The van der Waals surface area contributed by atoms with Crippen LogP contribution >= 0.6 is 0 Å². The number of fused-ring (bicyclic) bond motifs is 1. The topological polar surface area (TPSA) is 43.1 Å². The highest BCUT2D eigenvalue weighted by atomic mass is 15.2. The van der Waals surface area contributed by atoms with Gasteiger partial charge in [0.1, 0.15) is 6.33 Å². The van der Waals surface area contributed by atoms with E-state index in [-0.39, 0.29) is 0 Å². The molecule has 12 heavy (non-hydrogen) atoms. The summed E-state index contributed by atoms with van der Waals surface area (Å²) in [5.74, 6) is 0.441. The number of nitrogens with zero attached hydrogens (tertiary/aromatic N) is 4. The van der Waals surface area contributed by atoms with Gasteiger partial charge in [-0.15, -0.1) is 10.2 Å². The lowest BCUT2D eigenvalue weighted by Crippen LogP contribution is -1.95. The molecule has 0 aliphatic heterocycles. The minimum atomic E-state index is 0.441. The number of rotatable bonds is 1. The molecule has 0 bridgehead atoms. The highest BCUT2D eigenvalue weighted by molar-refractivity contribution is 5.33. The molecule has 0 aliphatic rings. The molecule has 0 atom stereocenters. The first-order valence-electron chi connectivity index (χ1n) is 3.92. The molecule has 2 aromatic heterocycles. The first-order valence-corrected chi connectivity index (χ1v) is 3.92. The zero-order valence-corrected chi connectivity index (χ0v) is 7.10. The van der Waals surface area contributed by atoms with Crippen molar-refractivity contribution in [1.29, 1.82) is 0 Å². The lowest BCUT2D eigenvalue weighted by Gasteiger charge is -2.02. The molecular weight excluding hydrogens is 152 g/mol. The minimum Gasteiger partial charge on any atom is -0.286 e. The van der Waals surface area contributed by atoms with Crippen LogP contribution in [-0.4, -0.2) is 19.6 Å². The monoisotopic (exact) mass is 162 g/mol. The SMILES string of the molecule is CC(C)c1cn2cnnc2cn1. The van der Waals surface area contributed by atoms with Crippen molar-refractivity contribution in [2.75, 3.05) is 0 Å². The van der Waals surface area contributed by atoms with E-state index in [9.17, 15) is 0 Å². The molecular formula is C8H10N4. The van der Waals surface area contributed by atoms with E-state index >= 15 is 0 Å². The summed E-state index contributed by atoms with van der Waals surface area (Å²) < 4.78 is 1.88. The molecule has 0 saturated heterocycles. The highest BCUT2D eigenvalue weighted by Crippen LogP contribution is 2.10. The van der Waals surface area contributed by atoms with Gasteiger partial charge in [-0.05, 0) is 5.92 Å². The van der Waals surface area contributed by atoms with E-state index in [0.717, 1.165) is 11.3 Å². The standard InChI is InChI=1S/C8H10N4/c1-6(2)7-4-12-5-10-11-8(12)3-9-7/h3-6H,1-2H3. The molecule has 0 fully saturated rings. The molecule has 0 N–H and O–H groups in total. The second kappa shape index (κ2) is 2.55. The van der Waals surface area contributed by atoms with Gasteiger partial charge in [-0.2, -0.15) is 0 Å². The number of hydrogen-bond acceptors (Lipinski definition) is 3. The first-order chi connectivity index (χ1) is 5.77. The van der Waals surface area contributed by atoms with Crippen molar-refractivity contribution in [3.63, 3.8) is 0 Å². The van der Waals surface area contributed by atoms with Crippen molar-refractivity contribution in [3.8, 4) is 0 Å². The Bertz CT molecular complexity index is 391. The van der Waals surface area contributed by atoms with Gasteiger partial charge >= 0.3 is 0 Å². The zero-order chi connectivity index (χ0) is 8.55. The Labute approximate surface area is 70.3 Å². The predicted molar refractivity (Wildman–Crippen MR) is 44.9 cm³/mol. The Kier molecular flexibility index (Phi) is 1.53. The maximum absolute atomic E-state index is 4.26. The summed E-state index contributed by atoms with van der Waals surface area (Å²) in [7, 11) is 0. The fourth-order valence-electron chi connectivity index (χ4n) is 1.05. The number of hydrogen-bond donors (Lipinski definition) is 0. The molecule has 2 aromatic rings. The molecule has 0 amide bonds. The van der Waals surface area contributed by atoms with Gasteiger partial charge in [0, 0.05) is 6.20 Å². The van der Waals surface area contributed by atoms with Crippen LogP contribution in [-0.2, 0) is 0 Å². The Morgan fingerprint density at radius 3 is 3.00 bits per heavy atom. The van der Waals surface area contributed by atoms with Gasteiger partial charge in [0.15, 0.2) is 5.65 Å². The normalized spacial score (nSPS) is 11.2. The number of aromatic nitrogens is 4. The van der Waals surface area contributed by atoms with Gasteiger partial charge in [-0.25, -0.2) is 0 Å². The Hall–Kier alpha value is -1.45. The summed E-state index contributed by atoms with van der Waals surface area (Å²) in [6.07, 6.45) is 5.38. The molecule has 62 valence electrons. The molecule has 4 heteroatoms. The van der Waals surface area contributed by atoms with Crippen LogP contribution in [0, 0.1) is 0 Å². The van der Waals surface area contributed by atoms with Crippen molar-refractivity contribution >= 4 is 5.65 Å². The van der Waals surface area contributed by atoms with Crippen molar-refractivity contribution < 1.29 is 0 Å². The lowest BCUT2D eigenvalue weighted by molar-refractivity contribution is 0.808. The summed E-state index contributed by atoms with van der Waals surface area (Å²) in [5.41, 5.74) is 1.85. The zero-order valence-electron chi connectivity index (χ0n) is 7.10. The Morgan fingerprint density at radius 2 is 2.25 bits per heavy atom. The second-order valence-corrected chi connectivity index (χ2v) is 3.06. The summed E-state index contributed by atoms with van der Waals surface area (Å²) >= 11 is 0. The first kappa shape index (κ1) is 7.21. The molecule has 0 unspecified atom stereocenters. The smallest absolute Gasteiger partial charge is 0.179 e. The van der Waals surface area contributed by atoms with Gasteiger partial charge in [-0.3, -0.25) is 9.38 Å². The van der Waals surface area contributed by atoms with Crippen LogP contribution in [0.4, 0.5) is 0 Å². The van der Waals surface area contributed by atoms with E-state index in [1.54, 1.807) is 12.5 Å². The molecule has 0 aliphatic carbocycles. The van der Waals surface area contributed by atoms with Gasteiger partial charge < -0.3 is 0 Å². The van der Waals surface area contributed by atoms with Crippen LogP contribution in [0.2, 0.25) is 0 Å². The predicted octanol–water partition coefficient (Wildman–Crippen LogP) is 1.25. The van der Waals surface area contributed by atoms with Crippen molar-refractivity contribution in [3.05, 3.63) is 24.4 Å². The quantitative estimate of drug-likeness (QED) is 0.633. The molecule has 0 aromatic carbocycles. The van der Waals surface area contributed by atoms with E-state index in [2.05, 4.69) is 29.0 Å². The second-order valence-electron chi connectivity index (χ2n) is 3.06. The molecule has 4 nitrogen and oxygen atoms in total. The van der Waals surface area contributed by atoms with Crippen LogP contribution in [0.5, 0.6) is 0 Å². The van der Waals surface area contributed by atoms with Crippen LogP contribution in [0.3, 0.4) is 0 Å². The van der Waals surface area contributed by atoms with Crippen molar-refractivity contribution in [2.24, 2.45) is 0 Å². The van der Waals surface area contributed by atoms with E-state index in [4.69, 9.17) is 0 Å². The Morgan fingerprint density at radius 1 is 1.42 bits per heavy atom.